The average Bonchev–Trinajstić information content (AvgIpc) is 2.34. The molecule has 0 unspecified atom stereocenters. The maximum absolute atomic E-state index is 13.9. The van der Waals surface area contributed by atoms with Gasteiger partial charge < -0.3 is 4.90 Å². The number of hydrogen-bond acceptors (Lipinski definition) is 2. The van der Waals surface area contributed by atoms with Crippen LogP contribution >= 0.6 is 11.6 Å². The third-order valence-corrected chi connectivity index (χ3v) is 3.62. The number of anilines is 1. The number of halogens is 2. The van der Waals surface area contributed by atoms with Crippen molar-refractivity contribution in [2.24, 2.45) is 0 Å². The molecule has 1 saturated carbocycles. The molecular weight excluding hydrogens is 239 g/mol. The van der Waals surface area contributed by atoms with Crippen molar-refractivity contribution in [3.05, 3.63) is 23.1 Å². The fraction of sp³-hybridized carbons (Fsp3) is 0.615. The quantitative estimate of drug-likeness (QED) is 0.812. The van der Waals surface area contributed by atoms with Gasteiger partial charge in [0.05, 0.1) is 5.02 Å². The summed E-state index contributed by atoms with van der Waals surface area (Å²) in [5.74, 6) is 0.133. The molecular formula is C13H18ClFN2. The number of hydrogen-bond donors (Lipinski definition) is 0. The zero-order valence-electron chi connectivity index (χ0n) is 10.1. The van der Waals surface area contributed by atoms with Crippen molar-refractivity contribution in [2.45, 2.75) is 45.1 Å². The molecule has 2 rings (SSSR count). The highest BCUT2D eigenvalue weighted by atomic mass is 35.5. The van der Waals surface area contributed by atoms with Crippen molar-refractivity contribution in [1.29, 1.82) is 0 Å². The van der Waals surface area contributed by atoms with Crippen molar-refractivity contribution in [3.63, 3.8) is 0 Å². The Morgan fingerprint density at radius 3 is 2.71 bits per heavy atom. The topological polar surface area (TPSA) is 16.1 Å². The first-order chi connectivity index (χ1) is 8.22. The van der Waals surface area contributed by atoms with E-state index < -0.39 is 0 Å². The summed E-state index contributed by atoms with van der Waals surface area (Å²) in [5, 5.41) is 0.353. The van der Waals surface area contributed by atoms with Gasteiger partial charge in [0.15, 0.2) is 11.6 Å². The van der Waals surface area contributed by atoms with Crippen LogP contribution in [0.1, 0.15) is 39.0 Å². The van der Waals surface area contributed by atoms with E-state index in [1.54, 1.807) is 0 Å². The van der Waals surface area contributed by atoms with Crippen molar-refractivity contribution in [1.82, 2.24) is 4.98 Å². The van der Waals surface area contributed by atoms with Crippen molar-refractivity contribution in [2.75, 3.05) is 11.4 Å². The normalized spacial score (nSPS) is 17.1. The van der Waals surface area contributed by atoms with Crippen LogP contribution in [0.15, 0.2) is 12.3 Å². The maximum atomic E-state index is 13.9. The summed E-state index contributed by atoms with van der Waals surface area (Å²) in [5.41, 5.74) is 0. The monoisotopic (exact) mass is 256 g/mol. The molecule has 2 nitrogen and oxygen atoms in total. The van der Waals surface area contributed by atoms with Gasteiger partial charge in [0.25, 0.3) is 0 Å². The molecule has 0 aromatic carbocycles. The lowest BCUT2D eigenvalue weighted by atomic mass is 9.94. The second kappa shape index (κ2) is 5.67. The standard InChI is InChI=1S/C13H18ClFN2/c1-2-17(11-6-4-3-5-7-11)13-12(15)8-10(14)9-16-13/h8-9,11H,2-7H2,1H3. The largest absolute Gasteiger partial charge is 0.351 e. The van der Waals surface area contributed by atoms with Gasteiger partial charge in [-0.15, -0.1) is 0 Å². The van der Waals surface area contributed by atoms with Crippen molar-refractivity contribution >= 4 is 17.4 Å². The third-order valence-electron chi connectivity index (χ3n) is 3.42. The molecule has 1 aliphatic carbocycles. The molecule has 0 radical (unpaired) electrons. The predicted molar refractivity (Wildman–Crippen MR) is 69.1 cm³/mol. The van der Waals surface area contributed by atoms with Crippen LogP contribution in [-0.2, 0) is 0 Å². The van der Waals surface area contributed by atoms with E-state index in [2.05, 4.69) is 9.88 Å². The molecule has 94 valence electrons. The summed E-state index contributed by atoms with van der Waals surface area (Å²) >= 11 is 5.73. The van der Waals surface area contributed by atoms with Gasteiger partial charge in [0, 0.05) is 18.8 Å². The molecule has 1 aromatic rings. The summed E-state index contributed by atoms with van der Waals surface area (Å²) in [6.07, 6.45) is 7.55. The summed E-state index contributed by atoms with van der Waals surface area (Å²) in [6.45, 7) is 2.83. The van der Waals surface area contributed by atoms with Gasteiger partial charge in [-0.1, -0.05) is 30.9 Å². The molecule has 0 spiro atoms. The van der Waals surface area contributed by atoms with Crippen molar-refractivity contribution in [3.8, 4) is 0 Å². The van der Waals surface area contributed by atoms with Crippen LogP contribution in [0.4, 0.5) is 10.2 Å². The van der Waals surface area contributed by atoms with E-state index in [0.717, 1.165) is 19.4 Å². The smallest absolute Gasteiger partial charge is 0.167 e. The molecule has 0 saturated heterocycles. The van der Waals surface area contributed by atoms with E-state index in [0.29, 0.717) is 16.9 Å². The van der Waals surface area contributed by atoms with E-state index >= 15 is 0 Å². The van der Waals surface area contributed by atoms with E-state index in [1.807, 2.05) is 6.92 Å². The molecule has 0 aliphatic heterocycles. The molecule has 0 bridgehead atoms. The molecule has 1 aliphatic rings. The lowest BCUT2D eigenvalue weighted by molar-refractivity contribution is 0.412. The minimum Gasteiger partial charge on any atom is -0.351 e. The van der Waals surface area contributed by atoms with Crippen LogP contribution in [0.2, 0.25) is 5.02 Å². The van der Waals surface area contributed by atoms with Gasteiger partial charge in [-0.3, -0.25) is 0 Å². The number of rotatable bonds is 3. The SMILES string of the molecule is CCN(c1ncc(Cl)cc1F)C1CCCCC1. The first-order valence-corrected chi connectivity index (χ1v) is 6.68. The number of nitrogens with zero attached hydrogens (tertiary/aromatic N) is 2. The first kappa shape index (κ1) is 12.6. The van der Waals surface area contributed by atoms with E-state index in [4.69, 9.17) is 11.6 Å². The maximum Gasteiger partial charge on any atom is 0.167 e. The van der Waals surface area contributed by atoms with Crippen LogP contribution in [0.5, 0.6) is 0 Å². The van der Waals surface area contributed by atoms with E-state index in [-0.39, 0.29) is 5.82 Å². The molecule has 1 aromatic heterocycles. The lowest BCUT2D eigenvalue weighted by Crippen LogP contribution is -2.37. The van der Waals surface area contributed by atoms with E-state index in [9.17, 15) is 4.39 Å². The Hall–Kier alpha value is -0.830. The van der Waals surface area contributed by atoms with Gasteiger partial charge >= 0.3 is 0 Å². The van der Waals surface area contributed by atoms with Crippen LogP contribution in [-0.4, -0.2) is 17.6 Å². The van der Waals surface area contributed by atoms with Crippen molar-refractivity contribution < 1.29 is 4.39 Å². The second-order valence-electron chi connectivity index (χ2n) is 4.54. The minimum absolute atomic E-state index is 0.315. The summed E-state index contributed by atoms with van der Waals surface area (Å²) in [7, 11) is 0. The molecule has 1 fully saturated rings. The molecule has 4 heteroatoms. The average molecular weight is 257 g/mol. The van der Waals surface area contributed by atoms with E-state index in [1.165, 1.54) is 31.5 Å². The molecule has 17 heavy (non-hydrogen) atoms. The Morgan fingerprint density at radius 2 is 2.12 bits per heavy atom. The van der Waals surface area contributed by atoms with Gasteiger partial charge in [-0.25, -0.2) is 9.37 Å². The second-order valence-corrected chi connectivity index (χ2v) is 4.97. The Balaban J connectivity index is 2.21. The fourth-order valence-corrected chi connectivity index (χ4v) is 2.74. The third kappa shape index (κ3) is 2.89. The van der Waals surface area contributed by atoms with Crippen LogP contribution < -0.4 is 4.90 Å². The van der Waals surface area contributed by atoms with Gasteiger partial charge in [0.1, 0.15) is 0 Å². The number of pyridine rings is 1. The summed E-state index contributed by atoms with van der Waals surface area (Å²) < 4.78 is 13.9. The summed E-state index contributed by atoms with van der Waals surface area (Å²) in [4.78, 5) is 6.22. The zero-order valence-corrected chi connectivity index (χ0v) is 10.9. The van der Waals surface area contributed by atoms with Gasteiger partial charge in [0.2, 0.25) is 0 Å². The van der Waals surface area contributed by atoms with Crippen LogP contribution in [0.25, 0.3) is 0 Å². The zero-order chi connectivity index (χ0) is 12.3. The Labute approximate surface area is 107 Å². The molecule has 1 heterocycles. The highest BCUT2D eigenvalue weighted by Gasteiger charge is 2.23. The highest BCUT2D eigenvalue weighted by molar-refractivity contribution is 6.30. The number of aromatic nitrogens is 1. The first-order valence-electron chi connectivity index (χ1n) is 6.30. The predicted octanol–water partition coefficient (Wildman–Crippen LogP) is 4.03. The highest BCUT2D eigenvalue weighted by Crippen LogP contribution is 2.28. The minimum atomic E-state index is -0.315. The van der Waals surface area contributed by atoms with Gasteiger partial charge in [-0.05, 0) is 25.8 Å². The molecule has 0 atom stereocenters. The van der Waals surface area contributed by atoms with Crippen LogP contribution in [0, 0.1) is 5.82 Å². The Bertz CT molecular complexity index is 378. The molecule has 0 N–H and O–H groups in total. The molecule has 0 amide bonds. The Morgan fingerprint density at radius 1 is 1.41 bits per heavy atom. The lowest BCUT2D eigenvalue weighted by Gasteiger charge is -2.34. The Kier molecular flexibility index (Phi) is 4.21. The summed E-state index contributed by atoms with van der Waals surface area (Å²) in [6, 6.07) is 1.77. The van der Waals surface area contributed by atoms with Gasteiger partial charge in [-0.2, -0.15) is 0 Å². The fourth-order valence-electron chi connectivity index (χ4n) is 2.59. The van der Waals surface area contributed by atoms with Crippen LogP contribution in [0.3, 0.4) is 0 Å².